The van der Waals surface area contributed by atoms with Gasteiger partial charge in [0, 0.05) is 24.7 Å². The number of nitrogens with two attached hydrogens (primary N) is 1. The summed E-state index contributed by atoms with van der Waals surface area (Å²) in [6.07, 6.45) is 5.36. The highest BCUT2D eigenvalue weighted by Crippen LogP contribution is 2.23. The topological polar surface area (TPSA) is 56.2 Å². The molecule has 2 N–H and O–H groups in total. The van der Waals surface area contributed by atoms with Crippen LogP contribution in [0.15, 0.2) is 42.9 Å². The Hall–Kier alpha value is -2.07. The Morgan fingerprint density at radius 2 is 2.06 bits per heavy atom. The summed E-state index contributed by atoms with van der Waals surface area (Å²) < 4.78 is 1.84. The number of aromatic nitrogens is 3. The van der Waals surface area contributed by atoms with E-state index in [1.54, 1.807) is 18.5 Å². The molecule has 4 nitrogen and oxygen atoms in total. The molecule has 3 rings (SSSR count). The summed E-state index contributed by atoms with van der Waals surface area (Å²) in [5.41, 5.74) is 8.65. The third kappa shape index (κ3) is 1.72. The van der Waals surface area contributed by atoms with Gasteiger partial charge in [-0.05, 0) is 12.1 Å². The van der Waals surface area contributed by atoms with Crippen LogP contribution in [0.1, 0.15) is 0 Å². The molecule has 0 fully saturated rings. The summed E-state index contributed by atoms with van der Waals surface area (Å²) >= 11 is 5.95. The van der Waals surface area contributed by atoms with Crippen molar-refractivity contribution in [2.75, 3.05) is 5.73 Å². The van der Waals surface area contributed by atoms with Gasteiger partial charge in [0.2, 0.25) is 0 Å². The second-order valence-electron chi connectivity index (χ2n) is 3.68. The van der Waals surface area contributed by atoms with Gasteiger partial charge in [0.05, 0.1) is 16.4 Å². The smallest absolute Gasteiger partial charge is 0.139 e. The lowest BCUT2D eigenvalue weighted by Gasteiger charge is -1.97. The summed E-state index contributed by atoms with van der Waals surface area (Å²) in [5.74, 6) is 0. The van der Waals surface area contributed by atoms with E-state index in [9.17, 15) is 0 Å². The molecule has 0 saturated carbocycles. The Balaban J connectivity index is 2.21. The molecule has 0 radical (unpaired) electrons. The van der Waals surface area contributed by atoms with Crippen LogP contribution < -0.4 is 5.73 Å². The minimum absolute atomic E-state index is 0.510. The molecule has 0 bridgehead atoms. The molecule has 0 aromatic carbocycles. The Morgan fingerprint density at radius 3 is 2.82 bits per heavy atom. The Labute approximate surface area is 103 Å². The second kappa shape index (κ2) is 3.75. The molecular weight excluding hydrogens is 236 g/mol. The summed E-state index contributed by atoms with van der Waals surface area (Å²) in [7, 11) is 0. The van der Waals surface area contributed by atoms with Gasteiger partial charge in [0.15, 0.2) is 0 Å². The van der Waals surface area contributed by atoms with Crippen LogP contribution in [0, 0.1) is 0 Å². The number of rotatable bonds is 1. The number of hydrogen-bond donors (Lipinski definition) is 1. The number of imidazole rings is 1. The van der Waals surface area contributed by atoms with Gasteiger partial charge in [-0.3, -0.25) is 4.98 Å². The van der Waals surface area contributed by atoms with Crippen LogP contribution in [0.5, 0.6) is 0 Å². The van der Waals surface area contributed by atoms with Crippen LogP contribution in [0.3, 0.4) is 0 Å². The maximum absolute atomic E-state index is 5.95. The van der Waals surface area contributed by atoms with E-state index in [4.69, 9.17) is 17.3 Å². The fraction of sp³-hybridized carbons (Fsp3) is 0. The highest BCUT2D eigenvalue weighted by molar-refractivity contribution is 6.33. The number of nitrogens with zero attached hydrogens (tertiary/aromatic N) is 3. The molecule has 3 aromatic heterocycles. The fourth-order valence-corrected chi connectivity index (χ4v) is 1.81. The molecule has 3 heterocycles. The number of anilines is 1. The van der Waals surface area contributed by atoms with E-state index in [0.717, 1.165) is 17.0 Å². The minimum atomic E-state index is 0.510. The van der Waals surface area contributed by atoms with E-state index in [-0.39, 0.29) is 0 Å². The summed E-state index contributed by atoms with van der Waals surface area (Å²) in [4.78, 5) is 8.69. The normalized spacial score (nSPS) is 10.9. The lowest BCUT2D eigenvalue weighted by molar-refractivity contribution is 1.19. The highest BCUT2D eigenvalue weighted by Gasteiger charge is 2.06. The lowest BCUT2D eigenvalue weighted by atomic mass is 10.3. The molecule has 17 heavy (non-hydrogen) atoms. The Morgan fingerprint density at radius 1 is 1.18 bits per heavy atom. The van der Waals surface area contributed by atoms with Crippen LogP contribution >= 0.6 is 11.6 Å². The van der Waals surface area contributed by atoms with Gasteiger partial charge in [-0.1, -0.05) is 17.7 Å². The molecule has 0 aliphatic carbocycles. The van der Waals surface area contributed by atoms with Crippen molar-refractivity contribution < 1.29 is 0 Å². The predicted octanol–water partition coefficient (Wildman–Crippen LogP) is 2.63. The average Bonchev–Trinajstić information content (AvgIpc) is 2.74. The number of nitrogen functional groups attached to an aromatic ring is 1. The van der Waals surface area contributed by atoms with Gasteiger partial charge in [-0.25, -0.2) is 4.98 Å². The molecule has 0 atom stereocenters. The van der Waals surface area contributed by atoms with Gasteiger partial charge in [-0.2, -0.15) is 0 Å². The van der Waals surface area contributed by atoms with Crippen molar-refractivity contribution in [3.63, 3.8) is 0 Å². The molecule has 0 saturated heterocycles. The number of hydrogen-bond acceptors (Lipinski definition) is 3. The zero-order chi connectivity index (χ0) is 11.8. The Kier molecular flexibility index (Phi) is 2.23. The third-order valence-electron chi connectivity index (χ3n) is 2.50. The van der Waals surface area contributed by atoms with Crippen LogP contribution in [0.4, 0.5) is 5.69 Å². The van der Waals surface area contributed by atoms with Gasteiger partial charge >= 0.3 is 0 Å². The number of fused-ring (bicyclic) bond motifs is 1. The first-order valence-corrected chi connectivity index (χ1v) is 5.47. The van der Waals surface area contributed by atoms with Crippen molar-refractivity contribution in [3.8, 4) is 11.4 Å². The van der Waals surface area contributed by atoms with E-state index < -0.39 is 0 Å². The van der Waals surface area contributed by atoms with Crippen LogP contribution in [-0.2, 0) is 0 Å². The van der Waals surface area contributed by atoms with Crippen LogP contribution in [0.2, 0.25) is 5.02 Å². The van der Waals surface area contributed by atoms with Crippen molar-refractivity contribution in [2.45, 2.75) is 0 Å². The largest absolute Gasteiger partial charge is 0.396 e. The molecule has 0 amide bonds. The first-order valence-electron chi connectivity index (χ1n) is 5.09. The fourth-order valence-electron chi connectivity index (χ4n) is 1.66. The SMILES string of the molecule is Nc1cn2cc(-c3ccccn3)nc2cc1Cl. The molecule has 0 aliphatic heterocycles. The van der Waals surface area contributed by atoms with Gasteiger partial charge in [0.25, 0.3) is 0 Å². The maximum Gasteiger partial charge on any atom is 0.139 e. The van der Waals surface area contributed by atoms with E-state index >= 15 is 0 Å². The maximum atomic E-state index is 5.95. The average molecular weight is 245 g/mol. The minimum Gasteiger partial charge on any atom is -0.396 e. The molecule has 5 heteroatoms. The van der Waals surface area contributed by atoms with E-state index in [1.165, 1.54) is 0 Å². The number of pyridine rings is 2. The standard InChI is InChI=1S/C12H9ClN4/c13-8-5-12-16-11(7-17(12)6-9(8)14)10-3-1-2-4-15-10/h1-7H,14H2. The van der Waals surface area contributed by atoms with Crippen molar-refractivity contribution >= 4 is 22.9 Å². The lowest BCUT2D eigenvalue weighted by Crippen LogP contribution is -1.90. The monoisotopic (exact) mass is 244 g/mol. The van der Waals surface area contributed by atoms with Crippen molar-refractivity contribution in [1.82, 2.24) is 14.4 Å². The summed E-state index contributed by atoms with van der Waals surface area (Å²) in [6.45, 7) is 0. The highest BCUT2D eigenvalue weighted by atomic mass is 35.5. The van der Waals surface area contributed by atoms with Crippen LogP contribution in [-0.4, -0.2) is 14.4 Å². The zero-order valence-electron chi connectivity index (χ0n) is 8.84. The van der Waals surface area contributed by atoms with Gasteiger partial charge < -0.3 is 10.1 Å². The molecule has 0 unspecified atom stereocenters. The zero-order valence-corrected chi connectivity index (χ0v) is 9.59. The van der Waals surface area contributed by atoms with Crippen LogP contribution in [0.25, 0.3) is 17.0 Å². The Bertz CT molecular complexity index is 637. The molecule has 0 aliphatic rings. The van der Waals surface area contributed by atoms with E-state index in [1.807, 2.05) is 28.8 Å². The van der Waals surface area contributed by atoms with Crippen molar-refractivity contribution in [3.05, 3.63) is 47.9 Å². The van der Waals surface area contributed by atoms with Crippen molar-refractivity contribution in [1.29, 1.82) is 0 Å². The quantitative estimate of drug-likeness (QED) is 0.716. The second-order valence-corrected chi connectivity index (χ2v) is 4.09. The molecule has 0 spiro atoms. The first-order chi connectivity index (χ1) is 8.24. The molecular formula is C12H9ClN4. The van der Waals surface area contributed by atoms with E-state index in [2.05, 4.69) is 9.97 Å². The molecule has 3 aromatic rings. The summed E-state index contributed by atoms with van der Waals surface area (Å²) in [6, 6.07) is 7.44. The van der Waals surface area contributed by atoms with E-state index in [0.29, 0.717) is 10.7 Å². The molecule has 84 valence electrons. The van der Waals surface area contributed by atoms with Crippen molar-refractivity contribution in [2.24, 2.45) is 0 Å². The summed E-state index contributed by atoms with van der Waals surface area (Å²) in [5, 5.41) is 0.510. The first kappa shape index (κ1) is 10.1. The van der Waals surface area contributed by atoms with Gasteiger partial charge in [0.1, 0.15) is 11.3 Å². The predicted molar refractivity (Wildman–Crippen MR) is 67.8 cm³/mol. The van der Waals surface area contributed by atoms with Gasteiger partial charge in [-0.15, -0.1) is 0 Å². The third-order valence-corrected chi connectivity index (χ3v) is 2.83. The number of halogens is 1.